The third-order valence-corrected chi connectivity index (χ3v) is 4.65. The monoisotopic (exact) mass is 336 g/mol. The number of hydrogen-bond acceptors (Lipinski definition) is 2. The Kier molecular flexibility index (Phi) is 5.78. The van der Waals surface area contributed by atoms with Crippen molar-refractivity contribution in [1.29, 1.82) is 5.26 Å². The molecule has 1 aliphatic heterocycles. The van der Waals surface area contributed by atoms with Gasteiger partial charge in [-0.15, -0.1) is 0 Å². The Bertz CT molecular complexity index is 746. The highest BCUT2D eigenvalue weighted by atomic mass is 16.2. The van der Waals surface area contributed by atoms with Gasteiger partial charge in [-0.3, -0.25) is 4.79 Å². The second-order valence-corrected chi connectivity index (χ2v) is 6.58. The smallest absolute Gasteiger partial charge is 0.279 e. The molecule has 1 aliphatic rings. The molecule has 5 heteroatoms. The van der Waals surface area contributed by atoms with E-state index in [9.17, 15) is 4.79 Å². The van der Waals surface area contributed by atoms with E-state index in [2.05, 4.69) is 35.7 Å². The van der Waals surface area contributed by atoms with Crippen LogP contribution in [0.5, 0.6) is 0 Å². The van der Waals surface area contributed by atoms with E-state index < -0.39 is 0 Å². The minimum absolute atomic E-state index is 0.0107. The summed E-state index contributed by atoms with van der Waals surface area (Å²) in [6.45, 7) is 5.72. The molecular weight excluding hydrogens is 312 g/mol. The number of amides is 1. The fraction of sp³-hybridized carbons (Fsp3) is 0.300. The Morgan fingerprint density at radius 3 is 2.44 bits per heavy atom. The van der Waals surface area contributed by atoms with Crippen LogP contribution in [0.25, 0.3) is 0 Å². The van der Waals surface area contributed by atoms with Crippen molar-refractivity contribution in [2.24, 2.45) is 0 Å². The first-order chi connectivity index (χ1) is 12.2. The quantitative estimate of drug-likeness (QED) is 0.688. The lowest BCUT2D eigenvalue weighted by atomic mass is 10.2. The average Bonchev–Trinajstić information content (AvgIpc) is 2.64. The summed E-state index contributed by atoms with van der Waals surface area (Å²) in [7, 11) is 0. The molecule has 5 nitrogen and oxygen atoms in total. The van der Waals surface area contributed by atoms with Crippen molar-refractivity contribution in [1.82, 2.24) is 0 Å². The van der Waals surface area contributed by atoms with Crippen LogP contribution in [-0.4, -0.2) is 38.6 Å². The van der Waals surface area contributed by atoms with E-state index in [1.807, 2.05) is 12.1 Å². The summed E-state index contributed by atoms with van der Waals surface area (Å²) in [5.41, 5.74) is 2.62. The van der Waals surface area contributed by atoms with Gasteiger partial charge in [0.25, 0.3) is 5.91 Å². The van der Waals surface area contributed by atoms with Gasteiger partial charge in [-0.2, -0.15) is 5.26 Å². The second-order valence-electron chi connectivity index (χ2n) is 6.58. The summed E-state index contributed by atoms with van der Waals surface area (Å²) >= 11 is 0. The van der Waals surface area contributed by atoms with Gasteiger partial charge in [-0.25, -0.2) is 0 Å². The number of carbonyl (C=O) groups is 1. The molecule has 0 saturated carbocycles. The van der Waals surface area contributed by atoms with Gasteiger partial charge in [0.05, 0.1) is 11.6 Å². The summed E-state index contributed by atoms with van der Waals surface area (Å²) in [6, 6.07) is 19.7. The minimum Gasteiger partial charge on any atom is -0.322 e. The van der Waals surface area contributed by atoms with E-state index in [4.69, 9.17) is 5.26 Å². The zero-order chi connectivity index (χ0) is 17.5. The first-order valence-electron chi connectivity index (χ1n) is 8.74. The Hall–Kier alpha value is -2.68. The van der Waals surface area contributed by atoms with Crippen molar-refractivity contribution < 1.29 is 14.6 Å². The Morgan fingerprint density at radius 1 is 1.00 bits per heavy atom. The van der Waals surface area contributed by atoms with Gasteiger partial charge in [-0.05, 0) is 18.2 Å². The van der Waals surface area contributed by atoms with E-state index in [1.165, 1.54) is 10.5 Å². The summed E-state index contributed by atoms with van der Waals surface area (Å²) in [5, 5.41) is 11.8. The molecule has 3 rings (SSSR count). The number of quaternary nitrogens is 2. The van der Waals surface area contributed by atoms with Crippen LogP contribution >= 0.6 is 0 Å². The van der Waals surface area contributed by atoms with Crippen molar-refractivity contribution in [3.63, 3.8) is 0 Å². The van der Waals surface area contributed by atoms with E-state index >= 15 is 0 Å². The lowest BCUT2D eigenvalue weighted by molar-refractivity contribution is -1.02. The number of nitriles is 1. The second kappa shape index (κ2) is 8.43. The SMILES string of the molecule is N#Cc1cccc(NC(=O)C[NH+]2CC[NH+](Cc3ccccc3)CC2)c1. The molecule has 1 amide bonds. The number of hydrogen-bond donors (Lipinski definition) is 3. The first-order valence-corrected chi connectivity index (χ1v) is 8.74. The molecule has 128 valence electrons. The number of anilines is 1. The van der Waals surface area contributed by atoms with E-state index in [0.29, 0.717) is 17.8 Å². The van der Waals surface area contributed by atoms with Crippen LogP contribution in [0.15, 0.2) is 54.6 Å². The molecule has 2 aromatic carbocycles. The molecule has 1 fully saturated rings. The summed E-state index contributed by atoms with van der Waals surface area (Å²) < 4.78 is 0. The molecule has 3 N–H and O–H groups in total. The van der Waals surface area contributed by atoms with Crippen molar-refractivity contribution in [2.45, 2.75) is 6.54 Å². The predicted molar refractivity (Wildman–Crippen MR) is 96.2 cm³/mol. The Morgan fingerprint density at radius 2 is 1.72 bits per heavy atom. The van der Waals surface area contributed by atoms with Crippen LogP contribution < -0.4 is 15.1 Å². The molecule has 0 atom stereocenters. The number of nitrogens with zero attached hydrogens (tertiary/aromatic N) is 1. The lowest BCUT2D eigenvalue weighted by Gasteiger charge is -2.29. The highest BCUT2D eigenvalue weighted by molar-refractivity contribution is 5.91. The molecule has 2 aromatic rings. The fourth-order valence-electron chi connectivity index (χ4n) is 3.29. The van der Waals surface area contributed by atoms with Crippen LogP contribution in [0.1, 0.15) is 11.1 Å². The Balaban J connectivity index is 1.44. The van der Waals surface area contributed by atoms with Gasteiger partial charge < -0.3 is 15.1 Å². The number of nitrogens with one attached hydrogen (secondary N) is 3. The molecule has 25 heavy (non-hydrogen) atoms. The van der Waals surface area contributed by atoms with Gasteiger partial charge in [0, 0.05) is 11.3 Å². The van der Waals surface area contributed by atoms with Gasteiger partial charge in [0.2, 0.25) is 0 Å². The first kappa shape index (κ1) is 17.2. The maximum absolute atomic E-state index is 12.2. The maximum atomic E-state index is 12.2. The number of piperazine rings is 1. The summed E-state index contributed by atoms with van der Waals surface area (Å²) in [4.78, 5) is 15.1. The van der Waals surface area contributed by atoms with Gasteiger partial charge in [0.1, 0.15) is 32.7 Å². The standard InChI is InChI=1S/C20H22N4O/c21-14-18-7-4-8-19(13-18)22-20(25)16-24-11-9-23(10-12-24)15-17-5-2-1-3-6-17/h1-8,13H,9-12,15-16H2,(H,22,25)/p+2. The van der Waals surface area contributed by atoms with Crippen molar-refractivity contribution in [2.75, 3.05) is 38.0 Å². The number of benzene rings is 2. The highest BCUT2D eigenvalue weighted by Crippen LogP contribution is 2.09. The van der Waals surface area contributed by atoms with Crippen LogP contribution in [-0.2, 0) is 11.3 Å². The van der Waals surface area contributed by atoms with Crippen LogP contribution in [0.2, 0.25) is 0 Å². The third-order valence-electron chi connectivity index (χ3n) is 4.65. The topological polar surface area (TPSA) is 61.8 Å². The van der Waals surface area contributed by atoms with Gasteiger partial charge >= 0.3 is 0 Å². The highest BCUT2D eigenvalue weighted by Gasteiger charge is 2.24. The molecule has 0 unspecified atom stereocenters. The van der Waals surface area contributed by atoms with E-state index in [-0.39, 0.29) is 5.91 Å². The van der Waals surface area contributed by atoms with E-state index in [0.717, 1.165) is 32.7 Å². The minimum atomic E-state index is 0.0107. The summed E-state index contributed by atoms with van der Waals surface area (Å²) in [6.07, 6.45) is 0. The molecule has 0 aromatic heterocycles. The van der Waals surface area contributed by atoms with Crippen molar-refractivity contribution >= 4 is 11.6 Å². The predicted octanol–water partition coefficient (Wildman–Crippen LogP) is -0.520. The van der Waals surface area contributed by atoms with Crippen LogP contribution in [0.4, 0.5) is 5.69 Å². The average molecular weight is 336 g/mol. The molecule has 0 aliphatic carbocycles. The number of rotatable bonds is 5. The zero-order valence-corrected chi connectivity index (χ0v) is 14.3. The largest absolute Gasteiger partial charge is 0.322 e. The maximum Gasteiger partial charge on any atom is 0.279 e. The molecular formula is C20H24N4O+2. The fourth-order valence-corrected chi connectivity index (χ4v) is 3.29. The van der Waals surface area contributed by atoms with Crippen LogP contribution in [0.3, 0.4) is 0 Å². The number of carbonyl (C=O) groups excluding carboxylic acids is 1. The van der Waals surface area contributed by atoms with Crippen LogP contribution in [0, 0.1) is 11.3 Å². The van der Waals surface area contributed by atoms with Crippen molar-refractivity contribution in [3.05, 3.63) is 65.7 Å². The van der Waals surface area contributed by atoms with Gasteiger partial charge in [0.15, 0.2) is 6.54 Å². The van der Waals surface area contributed by atoms with E-state index in [1.54, 1.807) is 23.1 Å². The summed E-state index contributed by atoms with van der Waals surface area (Å²) in [5.74, 6) is 0.0107. The molecule has 0 spiro atoms. The Labute approximate surface area is 148 Å². The lowest BCUT2D eigenvalue weighted by Crippen LogP contribution is -3.28. The zero-order valence-electron chi connectivity index (χ0n) is 14.3. The normalized spacial score (nSPS) is 19.8. The molecule has 0 bridgehead atoms. The molecule has 1 saturated heterocycles. The molecule has 0 radical (unpaired) electrons. The van der Waals surface area contributed by atoms with Crippen molar-refractivity contribution in [3.8, 4) is 6.07 Å². The third kappa shape index (κ3) is 5.15. The van der Waals surface area contributed by atoms with Gasteiger partial charge in [-0.1, -0.05) is 36.4 Å². The molecule has 1 heterocycles.